The summed E-state index contributed by atoms with van der Waals surface area (Å²) in [6.45, 7) is 5.92. The maximum atomic E-state index is 12.7. The van der Waals surface area contributed by atoms with Crippen molar-refractivity contribution in [3.63, 3.8) is 0 Å². The lowest BCUT2D eigenvalue weighted by atomic mass is 10.1. The largest absolute Gasteiger partial charge is 0.358 e. The summed E-state index contributed by atoms with van der Waals surface area (Å²) in [5.41, 5.74) is 2.89. The lowest BCUT2D eigenvalue weighted by Crippen LogP contribution is -2.35. The van der Waals surface area contributed by atoms with E-state index in [1.807, 2.05) is 32.0 Å². The van der Waals surface area contributed by atoms with Crippen molar-refractivity contribution in [3.8, 4) is 0 Å². The van der Waals surface area contributed by atoms with Crippen molar-refractivity contribution >= 4 is 45.8 Å². The molecule has 4 nitrogen and oxygen atoms in total. The van der Waals surface area contributed by atoms with Gasteiger partial charge in [-0.05, 0) is 56.4 Å². The Balaban J connectivity index is 1.71. The standard InChI is InChI=1S/C18H22N2O2S2/c1-12-6-7-14(10-13(12)2)20-16(21)11-15(17(20)22)24-18(23)19-8-4-3-5-9-19/h6-7,10,15H,3-5,8-9,11H2,1-2H3. The molecule has 128 valence electrons. The smallest absolute Gasteiger partial charge is 0.247 e. The number of likely N-dealkylation sites (tertiary alicyclic amines) is 1. The van der Waals surface area contributed by atoms with E-state index >= 15 is 0 Å². The molecule has 2 heterocycles. The predicted octanol–water partition coefficient (Wildman–Crippen LogP) is 3.44. The summed E-state index contributed by atoms with van der Waals surface area (Å²) in [4.78, 5) is 28.6. The van der Waals surface area contributed by atoms with Crippen LogP contribution in [0.4, 0.5) is 5.69 Å². The third-order valence-corrected chi connectivity index (χ3v) is 6.37. The minimum atomic E-state index is -0.395. The number of thioether (sulfide) groups is 1. The first-order valence-electron chi connectivity index (χ1n) is 8.37. The van der Waals surface area contributed by atoms with E-state index in [2.05, 4.69) is 4.90 Å². The van der Waals surface area contributed by atoms with Gasteiger partial charge in [-0.1, -0.05) is 30.0 Å². The normalized spacial score (nSPS) is 21.5. The molecule has 24 heavy (non-hydrogen) atoms. The first-order valence-corrected chi connectivity index (χ1v) is 9.66. The SMILES string of the molecule is Cc1ccc(N2C(=O)CC(SC(=S)N3CCCCC3)C2=O)cc1C. The molecule has 0 radical (unpaired) electrons. The second-order valence-corrected chi connectivity index (χ2v) is 8.30. The van der Waals surface area contributed by atoms with Crippen LogP contribution in [0.5, 0.6) is 0 Å². The van der Waals surface area contributed by atoms with Gasteiger partial charge in [0.25, 0.3) is 0 Å². The Kier molecular flexibility index (Phi) is 5.25. The van der Waals surface area contributed by atoms with Crippen molar-refractivity contribution in [3.05, 3.63) is 29.3 Å². The Labute approximate surface area is 152 Å². The molecule has 1 aromatic carbocycles. The molecular weight excluding hydrogens is 340 g/mol. The van der Waals surface area contributed by atoms with E-state index in [0.29, 0.717) is 5.69 Å². The summed E-state index contributed by atoms with van der Waals surface area (Å²) in [5, 5.41) is -0.395. The van der Waals surface area contributed by atoms with Gasteiger partial charge in [-0.3, -0.25) is 9.59 Å². The molecule has 1 atom stereocenters. The van der Waals surface area contributed by atoms with E-state index < -0.39 is 5.25 Å². The van der Waals surface area contributed by atoms with E-state index in [0.717, 1.165) is 41.4 Å². The molecule has 2 aliphatic heterocycles. The Bertz CT molecular complexity index is 684. The van der Waals surface area contributed by atoms with Crippen LogP contribution in [0, 0.1) is 13.8 Å². The van der Waals surface area contributed by atoms with Crippen LogP contribution >= 0.6 is 24.0 Å². The molecule has 2 saturated heterocycles. The number of aryl methyl sites for hydroxylation is 2. The Morgan fingerprint density at radius 2 is 1.83 bits per heavy atom. The van der Waals surface area contributed by atoms with Gasteiger partial charge in [-0.2, -0.15) is 0 Å². The van der Waals surface area contributed by atoms with Gasteiger partial charge in [0.1, 0.15) is 9.57 Å². The zero-order chi connectivity index (χ0) is 17.3. The highest BCUT2D eigenvalue weighted by molar-refractivity contribution is 8.23. The van der Waals surface area contributed by atoms with Gasteiger partial charge in [0.05, 0.1) is 5.69 Å². The van der Waals surface area contributed by atoms with Crippen LogP contribution < -0.4 is 4.90 Å². The number of nitrogens with zero attached hydrogens (tertiary/aromatic N) is 2. The molecule has 6 heteroatoms. The third kappa shape index (κ3) is 3.49. The number of anilines is 1. The first-order chi connectivity index (χ1) is 11.5. The number of benzene rings is 1. The van der Waals surface area contributed by atoms with Crippen molar-refractivity contribution in [1.29, 1.82) is 0 Å². The highest BCUT2D eigenvalue weighted by Crippen LogP contribution is 2.32. The average Bonchev–Trinajstić information content (AvgIpc) is 2.85. The zero-order valence-electron chi connectivity index (χ0n) is 14.1. The molecular formula is C18H22N2O2S2. The quantitative estimate of drug-likeness (QED) is 0.595. The van der Waals surface area contributed by atoms with Gasteiger partial charge in [0.15, 0.2) is 0 Å². The Morgan fingerprint density at radius 3 is 2.50 bits per heavy atom. The number of carbonyl (C=O) groups excluding carboxylic acids is 2. The van der Waals surface area contributed by atoms with Crippen LogP contribution in [0.3, 0.4) is 0 Å². The molecule has 1 unspecified atom stereocenters. The van der Waals surface area contributed by atoms with E-state index in [1.54, 1.807) is 0 Å². The Morgan fingerprint density at radius 1 is 1.12 bits per heavy atom. The zero-order valence-corrected chi connectivity index (χ0v) is 15.7. The number of hydrogen-bond acceptors (Lipinski definition) is 4. The summed E-state index contributed by atoms with van der Waals surface area (Å²) in [6.07, 6.45) is 3.76. The summed E-state index contributed by atoms with van der Waals surface area (Å²) < 4.78 is 0.753. The highest BCUT2D eigenvalue weighted by atomic mass is 32.2. The lowest BCUT2D eigenvalue weighted by molar-refractivity contribution is -0.121. The molecule has 2 fully saturated rings. The topological polar surface area (TPSA) is 40.6 Å². The molecule has 0 aliphatic carbocycles. The summed E-state index contributed by atoms with van der Waals surface area (Å²) in [7, 11) is 0. The third-order valence-electron chi connectivity index (χ3n) is 4.71. The van der Waals surface area contributed by atoms with Gasteiger partial charge >= 0.3 is 0 Å². The number of carbonyl (C=O) groups is 2. The molecule has 1 aromatic rings. The molecule has 0 bridgehead atoms. The van der Waals surface area contributed by atoms with Crippen LogP contribution in [-0.4, -0.2) is 39.4 Å². The number of thiocarbonyl (C=S) groups is 1. The van der Waals surface area contributed by atoms with Crippen molar-refractivity contribution in [2.75, 3.05) is 18.0 Å². The summed E-state index contributed by atoms with van der Waals surface area (Å²) in [5.74, 6) is -0.283. The predicted molar refractivity (Wildman–Crippen MR) is 102 cm³/mol. The van der Waals surface area contributed by atoms with Gasteiger partial charge in [0, 0.05) is 19.5 Å². The van der Waals surface area contributed by atoms with E-state index in [1.165, 1.54) is 23.1 Å². The van der Waals surface area contributed by atoms with Crippen LogP contribution in [0.1, 0.15) is 36.8 Å². The highest BCUT2D eigenvalue weighted by Gasteiger charge is 2.41. The maximum absolute atomic E-state index is 12.7. The van der Waals surface area contributed by atoms with Crippen molar-refractivity contribution in [2.24, 2.45) is 0 Å². The molecule has 0 N–H and O–H groups in total. The minimum Gasteiger partial charge on any atom is -0.358 e. The van der Waals surface area contributed by atoms with Crippen LogP contribution in [0.15, 0.2) is 18.2 Å². The molecule has 3 rings (SSSR count). The Hall–Kier alpha value is -1.40. The fraction of sp³-hybridized carbons (Fsp3) is 0.500. The van der Waals surface area contributed by atoms with Gasteiger partial charge in [0.2, 0.25) is 11.8 Å². The van der Waals surface area contributed by atoms with Crippen LogP contribution in [-0.2, 0) is 9.59 Å². The monoisotopic (exact) mass is 362 g/mol. The average molecular weight is 363 g/mol. The molecule has 0 spiro atoms. The van der Waals surface area contributed by atoms with Crippen LogP contribution in [0.25, 0.3) is 0 Å². The maximum Gasteiger partial charge on any atom is 0.247 e. The number of amides is 2. The number of rotatable bonds is 2. The fourth-order valence-corrected chi connectivity index (χ4v) is 4.64. The van der Waals surface area contributed by atoms with E-state index in [9.17, 15) is 9.59 Å². The van der Waals surface area contributed by atoms with E-state index in [4.69, 9.17) is 12.2 Å². The summed E-state index contributed by atoms with van der Waals surface area (Å²) in [6, 6.07) is 5.69. The van der Waals surface area contributed by atoms with Crippen molar-refractivity contribution in [2.45, 2.75) is 44.8 Å². The molecule has 2 amide bonds. The van der Waals surface area contributed by atoms with Crippen LogP contribution in [0.2, 0.25) is 0 Å². The number of piperidine rings is 1. The molecule has 2 aliphatic rings. The number of hydrogen-bond donors (Lipinski definition) is 0. The first kappa shape index (κ1) is 17.4. The molecule has 0 aromatic heterocycles. The minimum absolute atomic E-state index is 0.137. The van der Waals surface area contributed by atoms with Gasteiger partial charge in [-0.15, -0.1) is 0 Å². The van der Waals surface area contributed by atoms with Crippen molar-refractivity contribution < 1.29 is 9.59 Å². The van der Waals surface area contributed by atoms with Gasteiger partial charge < -0.3 is 4.90 Å². The number of imide groups is 1. The van der Waals surface area contributed by atoms with E-state index in [-0.39, 0.29) is 18.2 Å². The molecule has 0 saturated carbocycles. The second-order valence-electron chi connectivity index (χ2n) is 6.46. The summed E-state index contributed by atoms with van der Waals surface area (Å²) >= 11 is 6.88. The lowest BCUT2D eigenvalue weighted by Gasteiger charge is -2.29. The fourth-order valence-electron chi connectivity index (χ4n) is 3.10. The van der Waals surface area contributed by atoms with Crippen molar-refractivity contribution in [1.82, 2.24) is 4.90 Å². The van der Waals surface area contributed by atoms with Gasteiger partial charge in [-0.25, -0.2) is 4.90 Å². The second kappa shape index (κ2) is 7.23.